The van der Waals surface area contributed by atoms with Crippen LogP contribution in [-0.4, -0.2) is 66.5 Å². The topological polar surface area (TPSA) is 87.2 Å². The van der Waals surface area contributed by atoms with E-state index in [0.29, 0.717) is 42.3 Å². The average molecular weight is 383 g/mol. The number of nitrogens with zero attached hydrogens (tertiary/aromatic N) is 2. The van der Waals surface area contributed by atoms with Crippen LogP contribution in [0.4, 0.5) is 0 Å². The lowest BCUT2D eigenvalue weighted by molar-refractivity contribution is -0.146. The molecule has 1 fully saturated rings. The first-order valence-corrected chi connectivity index (χ1v) is 8.76. The highest BCUT2D eigenvalue weighted by Gasteiger charge is 2.28. The van der Waals surface area contributed by atoms with Gasteiger partial charge in [-0.2, -0.15) is 0 Å². The van der Waals surface area contributed by atoms with E-state index in [1.54, 1.807) is 30.1 Å². The molecular weight excluding hydrogens is 360 g/mol. The number of ether oxygens (including phenoxy) is 1. The second kappa shape index (κ2) is 8.89. The Balaban J connectivity index is 1.90. The van der Waals surface area contributed by atoms with E-state index in [9.17, 15) is 14.4 Å². The van der Waals surface area contributed by atoms with Crippen LogP contribution in [0.15, 0.2) is 18.2 Å². The molecule has 1 aliphatic heterocycles. The van der Waals surface area contributed by atoms with E-state index in [4.69, 9.17) is 21.4 Å². The average Bonchev–Trinajstić information content (AvgIpc) is 2.61. The summed E-state index contributed by atoms with van der Waals surface area (Å²) in [5.74, 6) is -1.05. The van der Waals surface area contributed by atoms with E-state index in [-0.39, 0.29) is 24.8 Å². The van der Waals surface area contributed by atoms with Crippen LogP contribution < -0.4 is 4.74 Å². The Labute approximate surface area is 157 Å². The molecule has 1 aliphatic rings. The Morgan fingerprint density at radius 3 is 2.54 bits per heavy atom. The largest absolute Gasteiger partial charge is 0.496 e. The Hall–Kier alpha value is -2.28. The molecule has 0 spiro atoms. The number of methoxy groups -OCH3 is 1. The van der Waals surface area contributed by atoms with Gasteiger partial charge in [0.15, 0.2) is 0 Å². The maximum absolute atomic E-state index is 12.4. The molecular formula is C18H23ClN2O5. The zero-order chi connectivity index (χ0) is 19.3. The fraction of sp³-hybridized carbons (Fsp3) is 0.500. The summed E-state index contributed by atoms with van der Waals surface area (Å²) >= 11 is 5.97. The molecule has 0 aliphatic carbocycles. The molecule has 1 heterocycles. The van der Waals surface area contributed by atoms with Gasteiger partial charge in [-0.1, -0.05) is 11.6 Å². The minimum Gasteiger partial charge on any atom is -0.496 e. The lowest BCUT2D eigenvalue weighted by Crippen LogP contribution is -2.45. The minimum atomic E-state index is -0.820. The number of benzene rings is 1. The molecule has 2 amide bonds. The second-order valence-electron chi connectivity index (χ2n) is 6.38. The van der Waals surface area contributed by atoms with Crippen molar-refractivity contribution < 1.29 is 24.2 Å². The monoisotopic (exact) mass is 382 g/mol. The van der Waals surface area contributed by atoms with Crippen molar-refractivity contribution in [3.8, 4) is 5.75 Å². The fourth-order valence-electron chi connectivity index (χ4n) is 2.95. The maximum Gasteiger partial charge on any atom is 0.306 e. The summed E-state index contributed by atoms with van der Waals surface area (Å²) in [7, 11) is 3.09. The van der Waals surface area contributed by atoms with Crippen molar-refractivity contribution in [2.45, 2.75) is 19.3 Å². The molecule has 7 nitrogen and oxygen atoms in total. The van der Waals surface area contributed by atoms with Gasteiger partial charge in [0.25, 0.3) is 0 Å². The van der Waals surface area contributed by atoms with Gasteiger partial charge < -0.3 is 19.6 Å². The first kappa shape index (κ1) is 20.0. The van der Waals surface area contributed by atoms with E-state index < -0.39 is 11.9 Å². The first-order chi connectivity index (χ1) is 12.3. The van der Waals surface area contributed by atoms with Gasteiger partial charge in [0.05, 0.1) is 26.0 Å². The van der Waals surface area contributed by atoms with Gasteiger partial charge in [-0.3, -0.25) is 14.4 Å². The summed E-state index contributed by atoms with van der Waals surface area (Å²) in [5, 5.41) is 9.52. The van der Waals surface area contributed by atoms with Crippen LogP contribution in [0.3, 0.4) is 0 Å². The number of carbonyl (C=O) groups excluding carboxylic acids is 2. The van der Waals surface area contributed by atoms with Crippen molar-refractivity contribution in [3.63, 3.8) is 0 Å². The molecule has 142 valence electrons. The second-order valence-corrected chi connectivity index (χ2v) is 6.81. The molecule has 0 atom stereocenters. The highest BCUT2D eigenvalue weighted by Crippen LogP contribution is 2.23. The quantitative estimate of drug-likeness (QED) is 0.808. The molecule has 1 aromatic carbocycles. The van der Waals surface area contributed by atoms with Gasteiger partial charge in [-0.15, -0.1) is 0 Å². The van der Waals surface area contributed by atoms with Crippen LogP contribution in [-0.2, 0) is 20.8 Å². The lowest BCUT2D eigenvalue weighted by Gasteiger charge is -2.31. The van der Waals surface area contributed by atoms with Crippen molar-refractivity contribution in [1.29, 1.82) is 0 Å². The number of piperidine rings is 1. The summed E-state index contributed by atoms with van der Waals surface area (Å²) in [4.78, 5) is 38.7. The molecule has 1 aromatic rings. The van der Waals surface area contributed by atoms with E-state index in [0.717, 1.165) is 0 Å². The lowest BCUT2D eigenvalue weighted by atomic mass is 9.97. The third-order valence-electron chi connectivity index (χ3n) is 4.58. The van der Waals surface area contributed by atoms with Crippen molar-refractivity contribution in [2.24, 2.45) is 5.92 Å². The number of amides is 2. The van der Waals surface area contributed by atoms with Crippen molar-refractivity contribution in [2.75, 3.05) is 33.8 Å². The van der Waals surface area contributed by atoms with Crippen LogP contribution in [0.25, 0.3) is 0 Å². The van der Waals surface area contributed by atoms with Crippen LogP contribution in [0.2, 0.25) is 5.02 Å². The van der Waals surface area contributed by atoms with E-state index in [2.05, 4.69) is 0 Å². The number of likely N-dealkylation sites (tertiary alicyclic amines) is 1. The minimum absolute atomic E-state index is 0.0422. The van der Waals surface area contributed by atoms with Gasteiger partial charge in [0, 0.05) is 30.7 Å². The van der Waals surface area contributed by atoms with Crippen molar-refractivity contribution >= 4 is 29.4 Å². The number of hydrogen-bond acceptors (Lipinski definition) is 4. The molecule has 0 radical (unpaired) electrons. The number of carboxylic acids is 1. The number of aliphatic carboxylic acids is 1. The van der Waals surface area contributed by atoms with Gasteiger partial charge in [-0.05, 0) is 31.0 Å². The van der Waals surface area contributed by atoms with Crippen LogP contribution in [0, 0.1) is 5.92 Å². The molecule has 1 N–H and O–H groups in total. The molecule has 26 heavy (non-hydrogen) atoms. The van der Waals surface area contributed by atoms with Crippen molar-refractivity contribution in [1.82, 2.24) is 9.80 Å². The summed E-state index contributed by atoms with van der Waals surface area (Å²) < 4.78 is 5.23. The van der Waals surface area contributed by atoms with Gasteiger partial charge in [0.2, 0.25) is 11.8 Å². The van der Waals surface area contributed by atoms with E-state index in [1.807, 2.05) is 0 Å². The van der Waals surface area contributed by atoms with Gasteiger partial charge >= 0.3 is 5.97 Å². The summed E-state index contributed by atoms with van der Waals surface area (Å²) in [6.45, 7) is 0.763. The van der Waals surface area contributed by atoms with Crippen LogP contribution in [0.5, 0.6) is 5.75 Å². The Kier molecular flexibility index (Phi) is 6.85. The molecule has 2 rings (SSSR count). The summed E-state index contributed by atoms with van der Waals surface area (Å²) in [5.41, 5.74) is 0.659. The molecule has 0 bridgehead atoms. The summed E-state index contributed by atoms with van der Waals surface area (Å²) in [6, 6.07) is 5.05. The van der Waals surface area contributed by atoms with Crippen LogP contribution >= 0.6 is 11.6 Å². The molecule has 0 saturated carbocycles. The number of carbonyl (C=O) groups is 3. The molecule has 0 unspecified atom stereocenters. The van der Waals surface area contributed by atoms with E-state index in [1.165, 1.54) is 12.0 Å². The molecule has 0 aromatic heterocycles. The Bertz CT molecular complexity index is 686. The normalized spacial score (nSPS) is 14.8. The van der Waals surface area contributed by atoms with Crippen LogP contribution in [0.1, 0.15) is 18.4 Å². The smallest absolute Gasteiger partial charge is 0.306 e. The van der Waals surface area contributed by atoms with Crippen molar-refractivity contribution in [3.05, 3.63) is 28.8 Å². The van der Waals surface area contributed by atoms with Gasteiger partial charge in [0.1, 0.15) is 5.75 Å². The third-order valence-corrected chi connectivity index (χ3v) is 4.81. The maximum atomic E-state index is 12.4. The third kappa shape index (κ3) is 5.11. The first-order valence-electron chi connectivity index (χ1n) is 8.38. The number of rotatable bonds is 6. The SMILES string of the molecule is COc1ccc(Cl)cc1CC(=O)N(C)CC(=O)N1CCC(C(=O)O)CC1. The predicted octanol–water partition coefficient (Wildman–Crippen LogP) is 1.67. The highest BCUT2D eigenvalue weighted by atomic mass is 35.5. The molecule has 1 saturated heterocycles. The van der Waals surface area contributed by atoms with Gasteiger partial charge in [-0.25, -0.2) is 0 Å². The summed E-state index contributed by atoms with van der Waals surface area (Å²) in [6.07, 6.45) is 0.964. The number of carboxylic acid groups (broad SMARTS) is 1. The Morgan fingerprint density at radius 1 is 1.31 bits per heavy atom. The Morgan fingerprint density at radius 2 is 1.96 bits per heavy atom. The number of halogens is 1. The van der Waals surface area contributed by atoms with E-state index >= 15 is 0 Å². The fourth-order valence-corrected chi connectivity index (χ4v) is 3.14. The zero-order valence-electron chi connectivity index (χ0n) is 14.9. The number of likely N-dealkylation sites (N-methyl/N-ethyl adjacent to an activating group) is 1. The highest BCUT2D eigenvalue weighted by molar-refractivity contribution is 6.30. The molecule has 8 heteroatoms. The standard InChI is InChI=1S/C18H23ClN2O5/c1-20(11-17(23)21-7-5-12(6-8-21)18(24)25)16(22)10-13-9-14(19)3-4-15(13)26-2/h3-4,9,12H,5-8,10-11H2,1-2H3,(H,24,25). The predicted molar refractivity (Wildman–Crippen MR) is 96.3 cm³/mol. The zero-order valence-corrected chi connectivity index (χ0v) is 15.7. The number of hydrogen-bond donors (Lipinski definition) is 1.